The van der Waals surface area contributed by atoms with E-state index in [2.05, 4.69) is 9.47 Å². The predicted octanol–water partition coefficient (Wildman–Crippen LogP) is 2.94. The first-order chi connectivity index (χ1) is 10.0. The third kappa shape index (κ3) is 5.26. The predicted molar refractivity (Wildman–Crippen MR) is 58.3 cm³/mol. The number of halogens is 6. The first kappa shape index (κ1) is 17.8. The minimum Gasteiger partial charge on any atom is -0.455 e. The van der Waals surface area contributed by atoms with Crippen LogP contribution in [0.2, 0.25) is 0 Å². The maximum Gasteiger partial charge on any atom is 0.490 e. The lowest BCUT2D eigenvalue weighted by Crippen LogP contribution is -2.31. The van der Waals surface area contributed by atoms with Crippen molar-refractivity contribution in [3.63, 3.8) is 0 Å². The maximum absolute atomic E-state index is 12.2. The molecule has 10 heteroatoms. The molecule has 0 radical (unpaired) electrons. The number of hydrogen-bond donors (Lipinski definition) is 0. The van der Waals surface area contributed by atoms with E-state index < -0.39 is 37.0 Å². The standard InChI is InChI=1S/C12H8F6O4/c13-11(14,15)9(19)21-6-8(7-4-2-1-3-5-7)22-10(20)12(16,17)18/h1-5,8H,6H2. The van der Waals surface area contributed by atoms with Gasteiger partial charge in [0, 0.05) is 0 Å². The molecule has 0 heterocycles. The summed E-state index contributed by atoms with van der Waals surface area (Å²) in [7, 11) is 0. The second kappa shape index (κ2) is 6.67. The summed E-state index contributed by atoms with van der Waals surface area (Å²) in [6.45, 7) is -1.20. The molecule has 0 aliphatic rings. The molecule has 0 amide bonds. The van der Waals surface area contributed by atoms with Gasteiger partial charge in [-0.3, -0.25) is 0 Å². The zero-order valence-corrected chi connectivity index (χ0v) is 10.6. The summed E-state index contributed by atoms with van der Waals surface area (Å²) in [5.41, 5.74) is -0.0601. The SMILES string of the molecule is O=C(OCC(OC(=O)C(F)(F)F)c1ccccc1)C(F)(F)F. The average molecular weight is 330 g/mol. The summed E-state index contributed by atoms with van der Waals surface area (Å²) in [6, 6.07) is 6.60. The van der Waals surface area contributed by atoms with Gasteiger partial charge in [0.2, 0.25) is 0 Å². The number of hydrogen-bond acceptors (Lipinski definition) is 4. The Balaban J connectivity index is 2.85. The van der Waals surface area contributed by atoms with Gasteiger partial charge in [-0.15, -0.1) is 0 Å². The largest absolute Gasteiger partial charge is 0.490 e. The second-order valence-corrected chi connectivity index (χ2v) is 3.90. The molecule has 0 saturated carbocycles. The van der Waals surface area contributed by atoms with Crippen LogP contribution in [0.15, 0.2) is 30.3 Å². The smallest absolute Gasteiger partial charge is 0.455 e. The van der Waals surface area contributed by atoms with Crippen molar-refractivity contribution in [2.45, 2.75) is 18.5 Å². The Labute approximate surface area is 119 Å². The average Bonchev–Trinajstić information content (AvgIpc) is 2.41. The molecule has 4 nitrogen and oxygen atoms in total. The van der Waals surface area contributed by atoms with Gasteiger partial charge in [0.05, 0.1) is 0 Å². The monoisotopic (exact) mass is 330 g/mol. The van der Waals surface area contributed by atoms with E-state index in [1.165, 1.54) is 30.3 Å². The van der Waals surface area contributed by atoms with E-state index in [9.17, 15) is 35.9 Å². The molecule has 1 atom stereocenters. The minimum absolute atomic E-state index is 0.0601. The Kier molecular flexibility index (Phi) is 5.39. The van der Waals surface area contributed by atoms with E-state index in [4.69, 9.17) is 0 Å². The van der Waals surface area contributed by atoms with Crippen LogP contribution in [0.1, 0.15) is 11.7 Å². The van der Waals surface area contributed by atoms with Gasteiger partial charge in [0.15, 0.2) is 6.10 Å². The van der Waals surface area contributed by atoms with Gasteiger partial charge in [0.25, 0.3) is 0 Å². The van der Waals surface area contributed by atoms with Crippen molar-refractivity contribution in [3.8, 4) is 0 Å². The number of carbonyl (C=O) groups excluding carboxylic acids is 2. The molecule has 1 unspecified atom stereocenters. The van der Waals surface area contributed by atoms with Crippen LogP contribution >= 0.6 is 0 Å². The van der Waals surface area contributed by atoms with Crippen molar-refractivity contribution in [1.29, 1.82) is 0 Å². The fraction of sp³-hybridized carbons (Fsp3) is 0.333. The minimum atomic E-state index is -5.33. The number of alkyl halides is 6. The van der Waals surface area contributed by atoms with Crippen molar-refractivity contribution >= 4 is 11.9 Å². The van der Waals surface area contributed by atoms with Crippen LogP contribution in [-0.4, -0.2) is 30.9 Å². The van der Waals surface area contributed by atoms with Gasteiger partial charge >= 0.3 is 24.3 Å². The fourth-order valence-electron chi connectivity index (χ4n) is 1.30. The number of rotatable bonds is 4. The number of esters is 2. The van der Waals surface area contributed by atoms with E-state index in [0.29, 0.717) is 0 Å². The molecule has 0 fully saturated rings. The number of ether oxygens (including phenoxy) is 2. The summed E-state index contributed by atoms with van der Waals surface area (Å²) >= 11 is 0. The van der Waals surface area contributed by atoms with Gasteiger partial charge in [-0.25, -0.2) is 9.59 Å². The lowest BCUT2D eigenvalue weighted by atomic mass is 10.1. The van der Waals surface area contributed by atoms with Crippen LogP contribution in [0.4, 0.5) is 26.3 Å². The summed E-state index contributed by atoms with van der Waals surface area (Å²) < 4.78 is 80.3. The van der Waals surface area contributed by atoms with Gasteiger partial charge in [-0.2, -0.15) is 26.3 Å². The first-order valence-corrected chi connectivity index (χ1v) is 5.58. The molecule has 0 aliphatic carbocycles. The Bertz CT molecular complexity index is 523. The molecular weight excluding hydrogens is 322 g/mol. The molecule has 0 saturated heterocycles. The highest BCUT2D eigenvalue weighted by Gasteiger charge is 2.44. The fourth-order valence-corrected chi connectivity index (χ4v) is 1.30. The highest BCUT2D eigenvalue weighted by Crippen LogP contribution is 2.25. The van der Waals surface area contributed by atoms with Gasteiger partial charge in [-0.05, 0) is 5.56 Å². The Morgan fingerprint density at radius 2 is 1.41 bits per heavy atom. The van der Waals surface area contributed by atoms with Crippen molar-refractivity contribution in [1.82, 2.24) is 0 Å². The molecule has 0 aromatic heterocycles. The van der Waals surface area contributed by atoms with E-state index >= 15 is 0 Å². The van der Waals surface area contributed by atoms with Crippen LogP contribution in [0.5, 0.6) is 0 Å². The van der Waals surface area contributed by atoms with Crippen molar-refractivity contribution in [2.75, 3.05) is 6.61 Å². The van der Waals surface area contributed by atoms with E-state index in [1.54, 1.807) is 0 Å². The van der Waals surface area contributed by atoms with Crippen LogP contribution in [0.3, 0.4) is 0 Å². The van der Waals surface area contributed by atoms with E-state index in [-0.39, 0.29) is 5.56 Å². The molecule has 1 rings (SSSR count). The molecule has 22 heavy (non-hydrogen) atoms. The number of benzene rings is 1. The normalized spacial score (nSPS) is 13.4. The van der Waals surface area contributed by atoms with Crippen LogP contribution in [-0.2, 0) is 19.1 Å². The zero-order valence-electron chi connectivity index (χ0n) is 10.6. The third-order valence-corrected chi connectivity index (χ3v) is 2.25. The van der Waals surface area contributed by atoms with E-state index in [1.807, 2.05) is 0 Å². The molecule has 1 aromatic rings. The van der Waals surface area contributed by atoms with Crippen molar-refractivity contribution in [3.05, 3.63) is 35.9 Å². The summed E-state index contributed by atoms with van der Waals surface area (Å²) in [6.07, 6.45) is -12.5. The van der Waals surface area contributed by atoms with Crippen LogP contribution in [0, 0.1) is 0 Å². The topological polar surface area (TPSA) is 52.6 Å². The van der Waals surface area contributed by atoms with Gasteiger partial charge < -0.3 is 9.47 Å². The Hall–Kier alpha value is -2.26. The maximum atomic E-state index is 12.2. The Morgan fingerprint density at radius 3 is 1.86 bits per heavy atom. The highest BCUT2D eigenvalue weighted by atomic mass is 19.4. The zero-order chi connectivity index (χ0) is 17.0. The molecule has 0 bridgehead atoms. The molecule has 0 aliphatic heterocycles. The molecule has 0 spiro atoms. The summed E-state index contributed by atoms with van der Waals surface area (Å²) in [5.74, 6) is -5.21. The molecule has 1 aromatic carbocycles. The molecular formula is C12H8F6O4. The highest BCUT2D eigenvalue weighted by molar-refractivity contribution is 5.76. The quantitative estimate of drug-likeness (QED) is 0.629. The third-order valence-electron chi connectivity index (χ3n) is 2.25. The first-order valence-electron chi connectivity index (χ1n) is 5.58. The lowest BCUT2D eigenvalue weighted by Gasteiger charge is -2.19. The summed E-state index contributed by atoms with van der Waals surface area (Å²) in [5, 5.41) is 0. The molecule has 122 valence electrons. The van der Waals surface area contributed by atoms with Crippen molar-refractivity contribution < 1.29 is 45.4 Å². The van der Waals surface area contributed by atoms with E-state index in [0.717, 1.165) is 0 Å². The number of carbonyl (C=O) groups is 2. The second-order valence-electron chi connectivity index (χ2n) is 3.90. The van der Waals surface area contributed by atoms with Crippen LogP contribution < -0.4 is 0 Å². The lowest BCUT2D eigenvalue weighted by molar-refractivity contribution is -0.214. The van der Waals surface area contributed by atoms with Gasteiger partial charge in [0.1, 0.15) is 6.61 Å². The van der Waals surface area contributed by atoms with Crippen molar-refractivity contribution in [2.24, 2.45) is 0 Å². The molecule has 0 N–H and O–H groups in total. The Morgan fingerprint density at radius 1 is 0.909 bits per heavy atom. The van der Waals surface area contributed by atoms with Crippen LogP contribution in [0.25, 0.3) is 0 Å². The van der Waals surface area contributed by atoms with Gasteiger partial charge in [-0.1, -0.05) is 30.3 Å². The summed E-state index contributed by atoms with van der Waals surface area (Å²) in [4.78, 5) is 21.4.